The molecule has 0 fully saturated rings. The van der Waals surface area contributed by atoms with E-state index in [1.165, 1.54) is 5.57 Å². The highest BCUT2D eigenvalue weighted by molar-refractivity contribution is 5.36. The summed E-state index contributed by atoms with van der Waals surface area (Å²) in [7, 11) is 0. The molecule has 0 aromatic heterocycles. The van der Waals surface area contributed by atoms with E-state index in [4.69, 9.17) is 5.84 Å². The van der Waals surface area contributed by atoms with Crippen molar-refractivity contribution in [1.29, 1.82) is 0 Å². The largest absolute Gasteiger partial charge is 0.268 e. The topological polar surface area (TPSA) is 29.3 Å². The summed E-state index contributed by atoms with van der Waals surface area (Å²) in [6, 6.07) is 0. The van der Waals surface area contributed by atoms with E-state index >= 15 is 0 Å². The first-order chi connectivity index (χ1) is 5.11. The van der Waals surface area contributed by atoms with Crippen LogP contribution in [0, 0.1) is 0 Å². The summed E-state index contributed by atoms with van der Waals surface area (Å²) < 4.78 is 0. The third-order valence-corrected chi connectivity index (χ3v) is 2.50. The quantitative estimate of drug-likeness (QED) is 0.479. The molecule has 11 heavy (non-hydrogen) atoms. The molecule has 0 aliphatic heterocycles. The molecule has 1 unspecified atom stereocenters. The highest BCUT2D eigenvalue weighted by Crippen LogP contribution is 2.27. The van der Waals surface area contributed by atoms with Gasteiger partial charge in [0.1, 0.15) is 0 Å². The molecule has 2 heteroatoms. The van der Waals surface area contributed by atoms with E-state index in [1.54, 1.807) is 0 Å². The van der Waals surface area contributed by atoms with Gasteiger partial charge < -0.3 is 0 Å². The zero-order valence-electron chi connectivity index (χ0n) is 7.46. The van der Waals surface area contributed by atoms with Gasteiger partial charge in [-0.1, -0.05) is 25.2 Å². The molecular weight excluding hydrogens is 136 g/mol. The highest BCUT2D eigenvalue weighted by atomic mass is 15.4. The maximum Gasteiger partial charge on any atom is 0.0715 e. The maximum atomic E-state index is 5.84. The van der Waals surface area contributed by atoms with E-state index in [1.807, 2.05) is 5.01 Å². The van der Waals surface area contributed by atoms with Crippen molar-refractivity contribution in [2.45, 2.75) is 26.3 Å². The normalized spacial score (nSPS) is 29.7. The molecule has 0 aromatic rings. The Morgan fingerprint density at radius 1 is 1.64 bits per heavy atom. The average molecular weight is 152 g/mol. The predicted molar refractivity (Wildman–Crippen MR) is 47.9 cm³/mol. The van der Waals surface area contributed by atoms with Gasteiger partial charge in [-0.15, -0.1) is 0 Å². The van der Waals surface area contributed by atoms with Gasteiger partial charge in [0.05, 0.1) is 5.54 Å². The minimum atomic E-state index is -0.0469. The minimum Gasteiger partial charge on any atom is -0.268 e. The van der Waals surface area contributed by atoms with E-state index in [-0.39, 0.29) is 5.54 Å². The van der Waals surface area contributed by atoms with E-state index in [2.05, 4.69) is 39.0 Å². The fraction of sp³-hybridized carbons (Fsp3) is 0.556. The Labute approximate surface area is 68.3 Å². The highest BCUT2D eigenvalue weighted by Gasteiger charge is 2.29. The van der Waals surface area contributed by atoms with Crippen LogP contribution < -0.4 is 5.84 Å². The molecule has 1 aliphatic rings. The molecule has 0 aromatic carbocycles. The molecule has 0 radical (unpaired) electrons. The van der Waals surface area contributed by atoms with Crippen molar-refractivity contribution in [3.05, 3.63) is 23.8 Å². The lowest BCUT2D eigenvalue weighted by molar-refractivity contribution is 0.192. The lowest BCUT2D eigenvalue weighted by Gasteiger charge is -2.34. The third-order valence-electron chi connectivity index (χ3n) is 2.50. The Morgan fingerprint density at radius 3 is 2.64 bits per heavy atom. The molecule has 0 saturated carbocycles. The standard InChI is InChI=1S/C9H16N2/c1-4-11(10)9(3)7-5-6-8(9)2/h5-7H,4,10H2,1-3H3. The van der Waals surface area contributed by atoms with Crippen LogP contribution in [0.25, 0.3) is 0 Å². The smallest absolute Gasteiger partial charge is 0.0715 e. The summed E-state index contributed by atoms with van der Waals surface area (Å²) in [6.07, 6.45) is 6.30. The average Bonchev–Trinajstić information content (AvgIpc) is 2.32. The van der Waals surface area contributed by atoms with Crippen molar-refractivity contribution < 1.29 is 0 Å². The van der Waals surface area contributed by atoms with E-state index < -0.39 is 0 Å². The van der Waals surface area contributed by atoms with Gasteiger partial charge >= 0.3 is 0 Å². The second-order valence-corrected chi connectivity index (χ2v) is 3.14. The molecule has 0 bridgehead atoms. The molecular formula is C9H16N2. The van der Waals surface area contributed by atoms with Crippen molar-refractivity contribution in [2.24, 2.45) is 5.84 Å². The second-order valence-electron chi connectivity index (χ2n) is 3.14. The van der Waals surface area contributed by atoms with Gasteiger partial charge in [0, 0.05) is 6.54 Å². The molecule has 1 aliphatic carbocycles. The van der Waals surface area contributed by atoms with Gasteiger partial charge in [-0.3, -0.25) is 5.84 Å². The molecule has 0 amide bonds. The van der Waals surface area contributed by atoms with Crippen molar-refractivity contribution >= 4 is 0 Å². The van der Waals surface area contributed by atoms with Crippen LogP contribution in [-0.2, 0) is 0 Å². The first kappa shape index (κ1) is 8.50. The van der Waals surface area contributed by atoms with Crippen LogP contribution in [0.4, 0.5) is 0 Å². The predicted octanol–water partition coefficient (Wildman–Crippen LogP) is 1.46. The Morgan fingerprint density at radius 2 is 2.27 bits per heavy atom. The number of rotatable bonds is 2. The number of hydrogen-bond acceptors (Lipinski definition) is 2. The summed E-state index contributed by atoms with van der Waals surface area (Å²) in [6.45, 7) is 7.16. The van der Waals surface area contributed by atoms with Gasteiger partial charge in [0.25, 0.3) is 0 Å². The van der Waals surface area contributed by atoms with Crippen molar-refractivity contribution in [3.8, 4) is 0 Å². The van der Waals surface area contributed by atoms with Gasteiger partial charge in [-0.25, -0.2) is 5.01 Å². The monoisotopic (exact) mass is 152 g/mol. The molecule has 0 spiro atoms. The summed E-state index contributed by atoms with van der Waals surface area (Å²) in [5, 5.41) is 1.85. The van der Waals surface area contributed by atoms with Crippen molar-refractivity contribution in [3.63, 3.8) is 0 Å². The van der Waals surface area contributed by atoms with E-state index in [0.717, 1.165) is 6.54 Å². The molecule has 0 heterocycles. The van der Waals surface area contributed by atoms with Crippen LogP contribution in [0.3, 0.4) is 0 Å². The van der Waals surface area contributed by atoms with E-state index in [0.29, 0.717) is 0 Å². The van der Waals surface area contributed by atoms with Crippen LogP contribution in [0.5, 0.6) is 0 Å². The maximum absolute atomic E-state index is 5.84. The molecule has 1 atom stereocenters. The molecule has 0 saturated heterocycles. The Bertz CT molecular complexity index is 206. The van der Waals surface area contributed by atoms with Gasteiger partial charge in [0.2, 0.25) is 0 Å². The lowest BCUT2D eigenvalue weighted by atomic mass is 9.96. The third kappa shape index (κ3) is 1.24. The van der Waals surface area contributed by atoms with E-state index in [9.17, 15) is 0 Å². The van der Waals surface area contributed by atoms with Crippen molar-refractivity contribution in [1.82, 2.24) is 5.01 Å². The summed E-state index contributed by atoms with van der Waals surface area (Å²) in [4.78, 5) is 0. The lowest BCUT2D eigenvalue weighted by Crippen LogP contribution is -2.49. The second kappa shape index (κ2) is 2.80. The zero-order chi connectivity index (χ0) is 8.48. The SMILES string of the molecule is CCN(N)C1(C)C=CC=C1C. The Kier molecular flexibility index (Phi) is 2.16. The number of allylic oxidation sites excluding steroid dienone is 2. The number of likely N-dealkylation sites (N-methyl/N-ethyl adjacent to an activating group) is 1. The van der Waals surface area contributed by atoms with Gasteiger partial charge in [-0.05, 0) is 19.4 Å². The molecule has 2 nitrogen and oxygen atoms in total. The summed E-state index contributed by atoms with van der Waals surface area (Å²) in [5.74, 6) is 5.84. The van der Waals surface area contributed by atoms with Crippen molar-refractivity contribution in [2.75, 3.05) is 6.54 Å². The van der Waals surface area contributed by atoms with Crippen LogP contribution in [0.2, 0.25) is 0 Å². The first-order valence-electron chi connectivity index (χ1n) is 4.00. The minimum absolute atomic E-state index is 0.0469. The first-order valence-corrected chi connectivity index (χ1v) is 4.00. The Hall–Kier alpha value is -0.600. The van der Waals surface area contributed by atoms with Gasteiger partial charge in [0.15, 0.2) is 0 Å². The number of hydrazine groups is 1. The van der Waals surface area contributed by atoms with Crippen LogP contribution in [0.1, 0.15) is 20.8 Å². The number of nitrogens with zero attached hydrogens (tertiary/aromatic N) is 1. The molecule has 62 valence electrons. The fourth-order valence-electron chi connectivity index (χ4n) is 1.33. The zero-order valence-corrected chi connectivity index (χ0v) is 7.46. The van der Waals surface area contributed by atoms with Crippen LogP contribution in [-0.4, -0.2) is 17.1 Å². The number of nitrogens with two attached hydrogens (primary N) is 1. The van der Waals surface area contributed by atoms with Gasteiger partial charge in [-0.2, -0.15) is 0 Å². The fourth-order valence-corrected chi connectivity index (χ4v) is 1.33. The Balaban J connectivity index is 2.83. The summed E-state index contributed by atoms with van der Waals surface area (Å²) >= 11 is 0. The van der Waals surface area contributed by atoms with Crippen LogP contribution in [0.15, 0.2) is 23.8 Å². The summed E-state index contributed by atoms with van der Waals surface area (Å²) in [5.41, 5.74) is 1.26. The van der Waals surface area contributed by atoms with Crippen LogP contribution >= 0.6 is 0 Å². The molecule has 1 rings (SSSR count). The number of hydrogen-bond donors (Lipinski definition) is 1. The molecule has 2 N–H and O–H groups in total.